The molecule has 1 heterocycles. The van der Waals surface area contributed by atoms with Crippen LogP contribution < -0.4 is 11.2 Å². The Hall–Kier alpha value is -1.54. The Morgan fingerprint density at radius 1 is 1.36 bits per heavy atom. The molecule has 0 aliphatic heterocycles. The maximum atomic E-state index is 10.9. The van der Waals surface area contributed by atoms with Gasteiger partial charge in [0.1, 0.15) is 14.3 Å². The monoisotopic (exact) mass is 207 g/mol. The van der Waals surface area contributed by atoms with Crippen molar-refractivity contribution in [3.63, 3.8) is 0 Å². The number of benzene rings is 1. The standard InChI is InChI=1S/C9H10N3OP/c10-8(11)7-5-3-1-2-4-6(5)9(12-7)14-13/h1-4,12H,14H2,(H3,10,11). The molecule has 2 aromatic rings. The highest BCUT2D eigenvalue weighted by molar-refractivity contribution is 7.34. The van der Waals surface area contributed by atoms with Crippen molar-refractivity contribution in [1.29, 1.82) is 5.41 Å². The van der Waals surface area contributed by atoms with Crippen LogP contribution in [0.4, 0.5) is 0 Å². The van der Waals surface area contributed by atoms with Crippen LogP contribution in [0.15, 0.2) is 24.3 Å². The number of hydrogen-bond donors (Lipinski definition) is 3. The minimum atomic E-state index is -1.03. The summed E-state index contributed by atoms with van der Waals surface area (Å²) >= 11 is 0. The molecule has 0 amide bonds. The van der Waals surface area contributed by atoms with Crippen LogP contribution in [0.2, 0.25) is 0 Å². The lowest BCUT2D eigenvalue weighted by molar-refractivity contribution is 0.603. The molecule has 4 nitrogen and oxygen atoms in total. The van der Waals surface area contributed by atoms with Gasteiger partial charge in [0.2, 0.25) is 0 Å². The third kappa shape index (κ3) is 1.24. The van der Waals surface area contributed by atoms with E-state index in [-0.39, 0.29) is 5.84 Å². The fourth-order valence-electron chi connectivity index (χ4n) is 1.51. The van der Waals surface area contributed by atoms with Crippen LogP contribution in [0.25, 0.3) is 10.8 Å². The molecule has 0 aliphatic rings. The third-order valence-corrected chi connectivity index (χ3v) is 2.82. The first-order chi connectivity index (χ1) is 6.74. The molecule has 0 saturated heterocycles. The average molecular weight is 207 g/mol. The number of nitrogen functional groups attached to an aromatic ring is 1. The smallest absolute Gasteiger partial charge is 0.140 e. The van der Waals surface area contributed by atoms with Gasteiger partial charge >= 0.3 is 0 Å². The van der Waals surface area contributed by atoms with E-state index in [4.69, 9.17) is 11.1 Å². The first-order valence-electron chi connectivity index (χ1n) is 4.14. The van der Waals surface area contributed by atoms with Crippen molar-refractivity contribution in [2.24, 2.45) is 5.73 Å². The van der Waals surface area contributed by atoms with Crippen molar-refractivity contribution in [1.82, 2.24) is 4.98 Å². The highest BCUT2D eigenvalue weighted by atomic mass is 31.1. The molecule has 0 fully saturated rings. The maximum Gasteiger partial charge on any atom is 0.140 e. The van der Waals surface area contributed by atoms with E-state index in [9.17, 15) is 4.57 Å². The summed E-state index contributed by atoms with van der Waals surface area (Å²) in [5, 5.41) is 9.11. The summed E-state index contributed by atoms with van der Waals surface area (Å²) in [4.78, 5) is 2.91. The van der Waals surface area contributed by atoms with Gasteiger partial charge < -0.3 is 15.3 Å². The fraction of sp³-hybridized carbons (Fsp3) is 0. The number of aromatic amines is 1. The molecule has 1 atom stereocenters. The summed E-state index contributed by atoms with van der Waals surface area (Å²) in [5.74, 6) is -0.0275. The van der Waals surface area contributed by atoms with E-state index in [0.717, 1.165) is 10.8 Å². The molecule has 4 N–H and O–H groups in total. The van der Waals surface area contributed by atoms with E-state index in [1.807, 2.05) is 24.3 Å². The van der Waals surface area contributed by atoms with E-state index >= 15 is 0 Å². The molecule has 0 aliphatic carbocycles. The Morgan fingerprint density at radius 2 is 2.00 bits per heavy atom. The van der Waals surface area contributed by atoms with Crippen molar-refractivity contribution in [3.05, 3.63) is 30.0 Å². The predicted octanol–water partition coefficient (Wildman–Crippen LogP) is 0.834. The van der Waals surface area contributed by atoms with Gasteiger partial charge in [-0.2, -0.15) is 0 Å². The van der Waals surface area contributed by atoms with Crippen LogP contribution in [0, 0.1) is 5.41 Å². The van der Waals surface area contributed by atoms with Gasteiger partial charge in [-0.3, -0.25) is 5.41 Å². The van der Waals surface area contributed by atoms with E-state index in [0.29, 0.717) is 11.1 Å². The van der Waals surface area contributed by atoms with Crippen LogP contribution in [0.1, 0.15) is 5.69 Å². The number of H-pyrrole nitrogens is 1. The number of rotatable bonds is 2. The molecular weight excluding hydrogens is 197 g/mol. The van der Waals surface area contributed by atoms with Crippen LogP contribution in [0.3, 0.4) is 0 Å². The Labute approximate surface area is 81.8 Å². The number of hydrogen-bond acceptors (Lipinski definition) is 2. The molecule has 0 bridgehead atoms. The van der Waals surface area contributed by atoms with Crippen molar-refractivity contribution in [3.8, 4) is 0 Å². The molecule has 5 heteroatoms. The minimum Gasteiger partial charge on any atom is -0.382 e. The van der Waals surface area contributed by atoms with Gasteiger partial charge in [0.25, 0.3) is 0 Å². The Bertz CT molecular complexity index is 518. The van der Waals surface area contributed by atoms with Gasteiger partial charge in [0, 0.05) is 10.8 Å². The van der Waals surface area contributed by atoms with E-state index in [1.54, 1.807) is 0 Å². The summed E-state index contributed by atoms with van der Waals surface area (Å²) in [5.41, 5.74) is 6.63. The highest BCUT2D eigenvalue weighted by Gasteiger charge is 2.09. The second-order valence-corrected chi connectivity index (χ2v) is 3.80. The number of fused-ring (bicyclic) bond motifs is 1. The number of aromatic nitrogens is 1. The first kappa shape index (κ1) is 9.03. The van der Waals surface area contributed by atoms with Crippen molar-refractivity contribution in [2.45, 2.75) is 0 Å². The summed E-state index contributed by atoms with van der Waals surface area (Å²) in [6.07, 6.45) is 0. The van der Waals surface area contributed by atoms with Gasteiger partial charge in [-0.05, 0) is 0 Å². The van der Waals surface area contributed by atoms with Crippen LogP contribution >= 0.6 is 8.46 Å². The summed E-state index contributed by atoms with van der Waals surface area (Å²) in [6.45, 7) is 0. The van der Waals surface area contributed by atoms with Crippen LogP contribution in [0.5, 0.6) is 0 Å². The van der Waals surface area contributed by atoms with E-state index in [2.05, 4.69) is 4.98 Å². The second kappa shape index (κ2) is 3.31. The SMILES string of the molecule is N=C(N)c1[nH]c([PH2]=O)c2ccccc12. The van der Waals surface area contributed by atoms with Gasteiger partial charge in [-0.25, -0.2) is 0 Å². The Balaban J connectivity index is 2.86. The molecule has 1 aromatic heterocycles. The second-order valence-electron chi connectivity index (χ2n) is 2.99. The zero-order chi connectivity index (χ0) is 10.1. The molecule has 72 valence electrons. The van der Waals surface area contributed by atoms with E-state index < -0.39 is 8.46 Å². The fourth-order valence-corrected chi connectivity index (χ4v) is 2.09. The van der Waals surface area contributed by atoms with Gasteiger partial charge in [0.05, 0.1) is 11.1 Å². The molecular formula is C9H10N3OP. The normalized spacial score (nSPS) is 11.4. The van der Waals surface area contributed by atoms with Crippen LogP contribution in [-0.2, 0) is 4.57 Å². The highest BCUT2D eigenvalue weighted by Crippen LogP contribution is 2.18. The lowest BCUT2D eigenvalue weighted by atomic mass is 10.2. The number of nitrogens with one attached hydrogen (secondary N) is 2. The largest absolute Gasteiger partial charge is 0.382 e. The van der Waals surface area contributed by atoms with Crippen molar-refractivity contribution >= 4 is 30.5 Å². The molecule has 14 heavy (non-hydrogen) atoms. The summed E-state index contributed by atoms with van der Waals surface area (Å²) in [6, 6.07) is 7.48. The summed E-state index contributed by atoms with van der Waals surface area (Å²) < 4.78 is 10.9. The molecule has 2 rings (SSSR count). The van der Waals surface area contributed by atoms with Crippen molar-refractivity contribution in [2.75, 3.05) is 0 Å². The van der Waals surface area contributed by atoms with Gasteiger partial charge in [-0.1, -0.05) is 24.3 Å². The average Bonchev–Trinajstić information content (AvgIpc) is 2.56. The number of amidine groups is 1. The maximum absolute atomic E-state index is 10.9. The molecule has 1 aromatic carbocycles. The zero-order valence-electron chi connectivity index (χ0n) is 7.37. The van der Waals surface area contributed by atoms with Gasteiger partial charge in [0.15, 0.2) is 0 Å². The minimum absolute atomic E-state index is 0.0275. The molecule has 0 radical (unpaired) electrons. The summed E-state index contributed by atoms with van der Waals surface area (Å²) in [7, 11) is -1.03. The first-order valence-corrected chi connectivity index (χ1v) is 5.19. The quantitative estimate of drug-likeness (QED) is 0.387. The van der Waals surface area contributed by atoms with Crippen LogP contribution in [-0.4, -0.2) is 10.8 Å². The molecule has 1 unspecified atom stereocenters. The van der Waals surface area contributed by atoms with Gasteiger partial charge in [-0.15, -0.1) is 0 Å². The predicted molar refractivity (Wildman–Crippen MR) is 59.3 cm³/mol. The Morgan fingerprint density at radius 3 is 2.57 bits per heavy atom. The van der Waals surface area contributed by atoms with Crippen molar-refractivity contribution < 1.29 is 4.57 Å². The lowest BCUT2D eigenvalue weighted by Crippen LogP contribution is -2.12. The third-order valence-electron chi connectivity index (χ3n) is 2.13. The zero-order valence-corrected chi connectivity index (χ0v) is 8.53. The topological polar surface area (TPSA) is 82.7 Å². The number of nitrogens with two attached hydrogens (primary N) is 1. The molecule has 0 spiro atoms. The Kier molecular flexibility index (Phi) is 2.14. The molecule has 0 saturated carbocycles. The van der Waals surface area contributed by atoms with E-state index in [1.165, 1.54) is 0 Å². The lowest BCUT2D eigenvalue weighted by Gasteiger charge is -1.93.